The van der Waals surface area contributed by atoms with Gasteiger partial charge in [0.1, 0.15) is 5.75 Å². The van der Waals surface area contributed by atoms with Crippen LogP contribution < -0.4 is 9.62 Å². The number of nitrogens with one attached hydrogen (secondary N) is 1. The number of aromatic nitrogens is 2. The average molecular weight is 580 g/mol. The zero-order chi connectivity index (χ0) is 30.2. The van der Waals surface area contributed by atoms with Crippen LogP contribution in [0.1, 0.15) is 68.0 Å². The number of hydrogen-bond acceptors (Lipinski definition) is 8. The maximum Gasteiger partial charge on any atom is 0.285 e. The first-order valence-electron chi connectivity index (χ1n) is 13.4. The van der Waals surface area contributed by atoms with E-state index in [4.69, 9.17) is 0 Å². The molecule has 0 atom stereocenters. The fourth-order valence-electron chi connectivity index (χ4n) is 4.30. The number of rotatable bonds is 5. The second kappa shape index (κ2) is 11.1. The van der Waals surface area contributed by atoms with Crippen LogP contribution in [0.3, 0.4) is 0 Å². The van der Waals surface area contributed by atoms with Gasteiger partial charge in [-0.05, 0) is 79.3 Å². The molecule has 0 spiro atoms. The van der Waals surface area contributed by atoms with Crippen molar-refractivity contribution in [1.29, 1.82) is 0 Å². The van der Waals surface area contributed by atoms with Crippen LogP contribution in [-0.2, 0) is 15.4 Å². The van der Waals surface area contributed by atoms with E-state index in [1.807, 2.05) is 27.8 Å². The van der Waals surface area contributed by atoms with Crippen LogP contribution in [-0.4, -0.2) is 71.4 Å². The predicted molar refractivity (Wildman–Crippen MR) is 159 cm³/mol. The molecule has 0 unspecified atom stereocenters. The number of phenols is 1. The molecule has 218 valence electrons. The highest BCUT2D eigenvalue weighted by Gasteiger charge is 2.31. The molecule has 0 aliphatic carbocycles. The third-order valence-electron chi connectivity index (χ3n) is 7.03. The van der Waals surface area contributed by atoms with E-state index in [-0.39, 0.29) is 22.8 Å². The summed E-state index contributed by atoms with van der Waals surface area (Å²) in [6.07, 6.45) is 0. The highest BCUT2D eigenvalue weighted by Crippen LogP contribution is 2.31. The molecule has 11 heteroatoms. The Balaban J connectivity index is 1.46. The van der Waals surface area contributed by atoms with Gasteiger partial charge >= 0.3 is 0 Å². The fraction of sp³-hybridized carbons (Fsp3) is 0.400. The fourth-order valence-corrected chi connectivity index (χ4v) is 4.95. The SMILES string of the molecule is CC(C)(C)c1cc(C(=O)N2CCN(c3ccc(C(=O)NS(=O)(=O)C(C)(C)C)nn3)CC2)cc(-c2cccc(O)c2)c1. The van der Waals surface area contributed by atoms with E-state index in [0.717, 1.165) is 16.7 Å². The van der Waals surface area contributed by atoms with E-state index < -0.39 is 20.7 Å². The van der Waals surface area contributed by atoms with E-state index in [1.54, 1.807) is 29.2 Å². The van der Waals surface area contributed by atoms with Gasteiger partial charge in [0.05, 0.1) is 4.75 Å². The second-order valence-electron chi connectivity index (χ2n) is 12.2. The average Bonchev–Trinajstić information content (AvgIpc) is 2.91. The molecule has 1 aromatic heterocycles. The monoisotopic (exact) mass is 579 g/mol. The molecule has 2 N–H and O–H groups in total. The van der Waals surface area contributed by atoms with Gasteiger partial charge in [0.25, 0.3) is 11.8 Å². The minimum Gasteiger partial charge on any atom is -0.508 e. The summed E-state index contributed by atoms with van der Waals surface area (Å²) >= 11 is 0. The van der Waals surface area contributed by atoms with Gasteiger partial charge in [0.15, 0.2) is 11.5 Å². The number of anilines is 1. The molecule has 1 aliphatic rings. The molecule has 3 aromatic rings. The molecular weight excluding hydrogens is 542 g/mol. The van der Waals surface area contributed by atoms with Gasteiger partial charge in [0.2, 0.25) is 10.0 Å². The van der Waals surface area contributed by atoms with Crippen molar-refractivity contribution in [3.05, 3.63) is 71.4 Å². The lowest BCUT2D eigenvalue weighted by atomic mass is 9.84. The molecule has 41 heavy (non-hydrogen) atoms. The molecule has 1 aliphatic heterocycles. The van der Waals surface area contributed by atoms with Gasteiger partial charge < -0.3 is 14.9 Å². The lowest BCUT2D eigenvalue weighted by molar-refractivity contribution is 0.0746. The van der Waals surface area contributed by atoms with Gasteiger partial charge in [-0.1, -0.05) is 39.0 Å². The molecule has 0 radical (unpaired) electrons. The van der Waals surface area contributed by atoms with Crippen LogP contribution in [0.15, 0.2) is 54.6 Å². The molecule has 0 saturated carbocycles. The van der Waals surface area contributed by atoms with E-state index in [1.165, 1.54) is 26.8 Å². The third kappa shape index (κ3) is 6.84. The van der Waals surface area contributed by atoms with Crippen molar-refractivity contribution < 1.29 is 23.1 Å². The number of amides is 2. The number of hydrogen-bond donors (Lipinski definition) is 2. The van der Waals surface area contributed by atoms with E-state index in [0.29, 0.717) is 37.6 Å². The van der Waals surface area contributed by atoms with Crippen LogP contribution in [0.5, 0.6) is 5.75 Å². The highest BCUT2D eigenvalue weighted by atomic mass is 32.2. The largest absolute Gasteiger partial charge is 0.508 e. The van der Waals surface area contributed by atoms with Crippen molar-refractivity contribution in [2.75, 3.05) is 31.1 Å². The Bertz CT molecular complexity index is 1550. The molecule has 2 aromatic carbocycles. The van der Waals surface area contributed by atoms with Crippen molar-refractivity contribution in [3.8, 4) is 16.9 Å². The summed E-state index contributed by atoms with van der Waals surface area (Å²) in [6.45, 7) is 12.8. The number of phenolic OH excluding ortho intramolecular Hbond substituents is 1. The zero-order valence-corrected chi connectivity index (χ0v) is 25.1. The number of nitrogens with zero attached hydrogens (tertiary/aromatic N) is 4. The lowest BCUT2D eigenvalue weighted by Crippen LogP contribution is -2.49. The number of aromatic hydroxyl groups is 1. The first-order valence-corrected chi connectivity index (χ1v) is 14.9. The van der Waals surface area contributed by atoms with Crippen LogP contribution in [0.4, 0.5) is 5.82 Å². The number of carbonyl (C=O) groups is 2. The first-order chi connectivity index (χ1) is 19.0. The standard InChI is InChI=1S/C30H37N5O5S/c1-29(2,3)23-17-21(20-8-7-9-24(36)19-20)16-22(18-23)28(38)35-14-12-34(13-15-35)26-11-10-25(31-32-26)27(37)33-41(39,40)30(4,5)6/h7-11,16-19,36H,12-15H2,1-6H3,(H,33,37). The summed E-state index contributed by atoms with van der Waals surface area (Å²) < 4.78 is 25.4. The Morgan fingerprint density at radius 2 is 1.54 bits per heavy atom. The quantitative estimate of drug-likeness (QED) is 0.464. The van der Waals surface area contributed by atoms with Gasteiger partial charge in [-0.3, -0.25) is 9.59 Å². The Morgan fingerprint density at radius 3 is 2.10 bits per heavy atom. The van der Waals surface area contributed by atoms with Crippen LogP contribution >= 0.6 is 0 Å². The van der Waals surface area contributed by atoms with E-state index in [2.05, 4.69) is 37.0 Å². The summed E-state index contributed by atoms with van der Waals surface area (Å²) in [5, 5.41) is 18.1. The lowest BCUT2D eigenvalue weighted by Gasteiger charge is -2.35. The summed E-state index contributed by atoms with van der Waals surface area (Å²) in [4.78, 5) is 29.8. The summed E-state index contributed by atoms with van der Waals surface area (Å²) in [7, 11) is -3.87. The molecule has 2 amide bonds. The Morgan fingerprint density at radius 1 is 0.854 bits per heavy atom. The summed E-state index contributed by atoms with van der Waals surface area (Å²) in [5.41, 5.74) is 3.03. The molecule has 1 fully saturated rings. The maximum absolute atomic E-state index is 13.6. The topological polar surface area (TPSA) is 133 Å². The number of benzene rings is 2. The molecule has 1 saturated heterocycles. The molecule has 2 heterocycles. The van der Waals surface area contributed by atoms with Gasteiger partial charge in [-0.25, -0.2) is 13.1 Å². The van der Waals surface area contributed by atoms with Crippen molar-refractivity contribution in [3.63, 3.8) is 0 Å². The van der Waals surface area contributed by atoms with Crippen LogP contribution in [0.25, 0.3) is 11.1 Å². The number of carbonyl (C=O) groups excluding carboxylic acids is 2. The van der Waals surface area contributed by atoms with Gasteiger partial charge in [0, 0.05) is 31.7 Å². The van der Waals surface area contributed by atoms with Crippen molar-refractivity contribution in [1.82, 2.24) is 19.8 Å². The molecule has 10 nitrogen and oxygen atoms in total. The molecular formula is C30H37N5O5S. The van der Waals surface area contributed by atoms with Crippen molar-refractivity contribution >= 4 is 27.7 Å². The molecule has 0 bridgehead atoms. The number of piperazine rings is 1. The third-order valence-corrected chi connectivity index (χ3v) is 9.10. The highest BCUT2D eigenvalue weighted by molar-refractivity contribution is 7.91. The van der Waals surface area contributed by atoms with Crippen LogP contribution in [0, 0.1) is 0 Å². The minimum atomic E-state index is -3.87. The van der Waals surface area contributed by atoms with Crippen molar-refractivity contribution in [2.24, 2.45) is 0 Å². The maximum atomic E-state index is 13.6. The van der Waals surface area contributed by atoms with Gasteiger partial charge in [-0.15, -0.1) is 10.2 Å². The Labute approximate surface area is 241 Å². The van der Waals surface area contributed by atoms with Gasteiger partial charge in [-0.2, -0.15) is 0 Å². The normalized spacial score (nSPS) is 14.6. The predicted octanol–water partition coefficient (Wildman–Crippen LogP) is 3.97. The second-order valence-corrected chi connectivity index (χ2v) is 14.6. The van der Waals surface area contributed by atoms with E-state index >= 15 is 0 Å². The zero-order valence-electron chi connectivity index (χ0n) is 24.3. The van der Waals surface area contributed by atoms with Crippen molar-refractivity contribution in [2.45, 2.75) is 51.7 Å². The van der Waals surface area contributed by atoms with E-state index in [9.17, 15) is 23.1 Å². The van der Waals surface area contributed by atoms with Crippen LogP contribution in [0.2, 0.25) is 0 Å². The Kier molecular flexibility index (Phi) is 8.13. The summed E-state index contributed by atoms with van der Waals surface area (Å²) in [6, 6.07) is 15.9. The minimum absolute atomic E-state index is 0.0738. The summed E-state index contributed by atoms with van der Waals surface area (Å²) in [5.74, 6) is -0.208. The molecule has 4 rings (SSSR count). The first kappa shape index (κ1) is 30.0. The smallest absolute Gasteiger partial charge is 0.285 e. The number of sulfonamides is 1. The Hall–Kier alpha value is -3.99.